The largest absolute Gasteiger partial charge is 0.321 e. The van der Waals surface area contributed by atoms with Gasteiger partial charge in [0.15, 0.2) is 5.78 Å². The fourth-order valence-corrected chi connectivity index (χ4v) is 3.12. The minimum absolute atomic E-state index is 0.0185. The highest BCUT2D eigenvalue weighted by molar-refractivity contribution is 7.17. The summed E-state index contributed by atoms with van der Waals surface area (Å²) in [4.78, 5) is 25.0. The van der Waals surface area contributed by atoms with Crippen LogP contribution in [0.4, 0.5) is 10.1 Å². The molecular formula is C19H14FNO2S. The van der Waals surface area contributed by atoms with E-state index in [4.69, 9.17) is 0 Å². The van der Waals surface area contributed by atoms with Crippen LogP contribution in [0.1, 0.15) is 27.0 Å². The molecule has 0 bridgehead atoms. The molecule has 0 atom stereocenters. The second-order valence-electron chi connectivity index (χ2n) is 5.26. The molecule has 0 saturated heterocycles. The third-order valence-corrected chi connectivity index (χ3v) is 4.64. The number of nitrogens with one attached hydrogen (secondary N) is 1. The highest BCUT2D eigenvalue weighted by Crippen LogP contribution is 2.28. The first kappa shape index (κ1) is 16.1. The molecule has 3 aromatic rings. The van der Waals surface area contributed by atoms with Crippen LogP contribution in [0.3, 0.4) is 0 Å². The number of carbonyl (C=O) groups is 2. The number of anilines is 1. The van der Waals surface area contributed by atoms with E-state index in [1.165, 1.54) is 30.4 Å². The Morgan fingerprint density at radius 3 is 2.21 bits per heavy atom. The molecule has 1 N–H and O–H groups in total. The van der Waals surface area contributed by atoms with Crippen LogP contribution in [-0.4, -0.2) is 11.7 Å². The number of halogens is 1. The Morgan fingerprint density at radius 1 is 0.917 bits per heavy atom. The Morgan fingerprint density at radius 2 is 1.58 bits per heavy atom. The van der Waals surface area contributed by atoms with Crippen LogP contribution in [0.5, 0.6) is 0 Å². The monoisotopic (exact) mass is 339 g/mol. The first-order valence-electron chi connectivity index (χ1n) is 7.31. The molecule has 24 heavy (non-hydrogen) atoms. The van der Waals surface area contributed by atoms with Crippen molar-refractivity contribution in [2.45, 2.75) is 6.92 Å². The fraction of sp³-hybridized carbons (Fsp3) is 0.0526. The first-order chi connectivity index (χ1) is 11.5. The van der Waals surface area contributed by atoms with Gasteiger partial charge < -0.3 is 5.32 Å². The maximum Gasteiger partial charge on any atom is 0.265 e. The van der Waals surface area contributed by atoms with E-state index in [-0.39, 0.29) is 17.5 Å². The van der Waals surface area contributed by atoms with E-state index in [0.717, 1.165) is 10.4 Å². The van der Waals surface area contributed by atoms with Gasteiger partial charge in [-0.05, 0) is 61.0 Å². The average Bonchev–Trinajstić information content (AvgIpc) is 3.06. The van der Waals surface area contributed by atoms with Crippen LogP contribution < -0.4 is 5.32 Å². The van der Waals surface area contributed by atoms with Gasteiger partial charge in [-0.15, -0.1) is 11.3 Å². The smallest absolute Gasteiger partial charge is 0.265 e. The third-order valence-electron chi connectivity index (χ3n) is 3.51. The van der Waals surface area contributed by atoms with E-state index in [2.05, 4.69) is 5.32 Å². The number of thiophene rings is 1. The van der Waals surface area contributed by atoms with Gasteiger partial charge in [-0.3, -0.25) is 9.59 Å². The molecule has 0 radical (unpaired) electrons. The summed E-state index contributed by atoms with van der Waals surface area (Å²) in [6.07, 6.45) is 0. The molecule has 1 aromatic heterocycles. The summed E-state index contributed by atoms with van der Waals surface area (Å²) in [5.74, 6) is -0.527. The average molecular weight is 339 g/mol. The lowest BCUT2D eigenvalue weighted by atomic mass is 10.1. The van der Waals surface area contributed by atoms with Gasteiger partial charge in [-0.25, -0.2) is 4.39 Å². The van der Waals surface area contributed by atoms with Crippen LogP contribution in [0.2, 0.25) is 0 Å². The Bertz CT molecular complexity index is 882. The molecule has 3 rings (SSSR count). The highest BCUT2D eigenvalue weighted by Gasteiger charge is 2.11. The molecule has 5 heteroatoms. The maximum atomic E-state index is 13.0. The van der Waals surface area contributed by atoms with E-state index in [1.54, 1.807) is 42.5 Å². The number of benzene rings is 2. The van der Waals surface area contributed by atoms with Crippen molar-refractivity contribution in [2.75, 3.05) is 5.32 Å². The van der Waals surface area contributed by atoms with Gasteiger partial charge in [0.2, 0.25) is 0 Å². The standard InChI is InChI=1S/C19H14FNO2S/c1-12(22)13-4-8-16(9-5-13)21-19(23)18-11-10-17(24-18)14-2-6-15(20)7-3-14/h2-11H,1H3,(H,21,23). The van der Waals surface area contributed by atoms with Crippen LogP contribution in [-0.2, 0) is 0 Å². The predicted octanol–water partition coefficient (Wildman–Crippen LogP) is 5.01. The Labute approximate surface area is 142 Å². The lowest BCUT2D eigenvalue weighted by Crippen LogP contribution is -2.10. The zero-order valence-corrected chi connectivity index (χ0v) is 13.7. The van der Waals surface area contributed by atoms with Gasteiger partial charge in [0.25, 0.3) is 5.91 Å². The van der Waals surface area contributed by atoms with Crippen molar-refractivity contribution < 1.29 is 14.0 Å². The number of hydrogen-bond donors (Lipinski definition) is 1. The summed E-state index contributed by atoms with van der Waals surface area (Å²) in [6.45, 7) is 1.50. The van der Waals surface area contributed by atoms with E-state index in [9.17, 15) is 14.0 Å². The molecule has 3 nitrogen and oxygen atoms in total. The molecule has 120 valence electrons. The molecule has 0 unspecified atom stereocenters. The van der Waals surface area contributed by atoms with Crippen molar-refractivity contribution in [2.24, 2.45) is 0 Å². The summed E-state index contributed by atoms with van der Waals surface area (Å²) in [5, 5.41) is 2.80. The van der Waals surface area contributed by atoms with Gasteiger partial charge in [0.1, 0.15) is 5.82 Å². The molecule has 1 heterocycles. The van der Waals surface area contributed by atoms with E-state index >= 15 is 0 Å². The number of Topliss-reactive ketones (excluding diaryl/α,β-unsaturated/α-hetero) is 1. The number of amides is 1. The van der Waals surface area contributed by atoms with Crippen molar-refractivity contribution >= 4 is 28.7 Å². The fourth-order valence-electron chi connectivity index (χ4n) is 2.21. The van der Waals surface area contributed by atoms with Gasteiger partial charge in [-0.2, -0.15) is 0 Å². The SMILES string of the molecule is CC(=O)c1ccc(NC(=O)c2ccc(-c3ccc(F)cc3)s2)cc1. The molecule has 0 aliphatic rings. The van der Waals surface area contributed by atoms with E-state index < -0.39 is 0 Å². The second-order valence-corrected chi connectivity index (χ2v) is 6.34. The second kappa shape index (κ2) is 6.76. The van der Waals surface area contributed by atoms with Gasteiger partial charge in [0.05, 0.1) is 4.88 Å². The molecule has 0 aliphatic heterocycles. The zero-order valence-electron chi connectivity index (χ0n) is 12.9. The molecule has 0 spiro atoms. The van der Waals surface area contributed by atoms with Crippen LogP contribution in [0, 0.1) is 5.82 Å². The lowest BCUT2D eigenvalue weighted by Gasteiger charge is -2.04. The number of rotatable bonds is 4. The van der Waals surface area contributed by atoms with Gasteiger partial charge >= 0.3 is 0 Å². The number of hydrogen-bond acceptors (Lipinski definition) is 3. The Kier molecular flexibility index (Phi) is 4.53. The molecule has 0 saturated carbocycles. The molecule has 0 fully saturated rings. The Hall–Kier alpha value is -2.79. The molecular weight excluding hydrogens is 325 g/mol. The molecule has 1 amide bonds. The summed E-state index contributed by atoms with van der Waals surface area (Å²) >= 11 is 1.34. The quantitative estimate of drug-likeness (QED) is 0.679. The lowest BCUT2D eigenvalue weighted by molar-refractivity contribution is 0.101. The van der Waals surface area contributed by atoms with E-state index in [0.29, 0.717) is 16.1 Å². The third kappa shape index (κ3) is 3.58. The predicted molar refractivity (Wildman–Crippen MR) is 94.1 cm³/mol. The number of carbonyl (C=O) groups excluding carboxylic acids is 2. The summed E-state index contributed by atoms with van der Waals surface area (Å²) in [5.41, 5.74) is 2.09. The highest BCUT2D eigenvalue weighted by atomic mass is 32.1. The first-order valence-corrected chi connectivity index (χ1v) is 8.13. The van der Waals surface area contributed by atoms with Crippen LogP contribution in [0.15, 0.2) is 60.7 Å². The summed E-state index contributed by atoms with van der Waals surface area (Å²) < 4.78 is 13.0. The van der Waals surface area contributed by atoms with Gasteiger partial charge in [0, 0.05) is 16.1 Å². The summed E-state index contributed by atoms with van der Waals surface area (Å²) in [6, 6.07) is 16.5. The zero-order chi connectivity index (χ0) is 17.1. The minimum Gasteiger partial charge on any atom is -0.321 e. The molecule has 0 aliphatic carbocycles. The van der Waals surface area contributed by atoms with E-state index in [1.807, 2.05) is 6.07 Å². The Balaban J connectivity index is 1.73. The van der Waals surface area contributed by atoms with Crippen LogP contribution >= 0.6 is 11.3 Å². The molecule has 2 aromatic carbocycles. The van der Waals surface area contributed by atoms with Crippen molar-refractivity contribution in [3.63, 3.8) is 0 Å². The normalized spacial score (nSPS) is 10.4. The number of ketones is 1. The topological polar surface area (TPSA) is 46.2 Å². The van der Waals surface area contributed by atoms with Gasteiger partial charge in [-0.1, -0.05) is 12.1 Å². The maximum absolute atomic E-state index is 13.0. The van der Waals surface area contributed by atoms with Crippen molar-refractivity contribution in [1.82, 2.24) is 0 Å². The van der Waals surface area contributed by atoms with Crippen LogP contribution in [0.25, 0.3) is 10.4 Å². The minimum atomic E-state index is -0.290. The van der Waals surface area contributed by atoms with Crippen molar-refractivity contribution in [3.8, 4) is 10.4 Å². The van der Waals surface area contributed by atoms with Crippen molar-refractivity contribution in [1.29, 1.82) is 0 Å². The van der Waals surface area contributed by atoms with Crippen molar-refractivity contribution in [3.05, 3.63) is 76.9 Å². The summed E-state index contributed by atoms with van der Waals surface area (Å²) in [7, 11) is 0.